The van der Waals surface area contributed by atoms with E-state index in [1.54, 1.807) is 6.20 Å². The van der Waals surface area contributed by atoms with Gasteiger partial charge in [-0.3, -0.25) is 9.78 Å². The first-order chi connectivity index (χ1) is 6.68. The number of rotatable bonds is 1. The van der Waals surface area contributed by atoms with Gasteiger partial charge in [0.15, 0.2) is 5.78 Å². The summed E-state index contributed by atoms with van der Waals surface area (Å²) in [4.78, 5) is 15.7. The zero-order valence-corrected chi connectivity index (χ0v) is 8.45. The number of fused-ring (bicyclic) bond motifs is 1. The Morgan fingerprint density at radius 3 is 2.93 bits per heavy atom. The van der Waals surface area contributed by atoms with Crippen molar-refractivity contribution >= 4 is 11.9 Å². The van der Waals surface area contributed by atoms with Gasteiger partial charge in [-0.15, -0.1) is 0 Å². The van der Waals surface area contributed by atoms with Crippen molar-refractivity contribution in [1.82, 2.24) is 4.98 Å². The first-order valence-corrected chi connectivity index (χ1v) is 4.88. The Kier molecular flexibility index (Phi) is 2.20. The number of aromatic nitrogens is 1. The number of pyridine rings is 1. The molecule has 0 aliphatic heterocycles. The van der Waals surface area contributed by atoms with Crippen molar-refractivity contribution in [2.24, 2.45) is 0 Å². The number of hydrogen-bond acceptors (Lipinski definition) is 2. The Morgan fingerprint density at radius 2 is 2.21 bits per heavy atom. The highest BCUT2D eigenvalue weighted by Gasteiger charge is 2.15. The molecule has 0 saturated carbocycles. The first kappa shape index (κ1) is 9.13. The fraction of sp³-hybridized carbons (Fsp3) is 0.333. The quantitative estimate of drug-likeness (QED) is 0.676. The molecule has 72 valence electrons. The lowest BCUT2D eigenvalue weighted by molar-refractivity contribution is 0.0989. The molecule has 0 aromatic carbocycles. The molecule has 0 spiro atoms. The lowest BCUT2D eigenvalue weighted by atomic mass is 9.97. The minimum absolute atomic E-state index is 0.123. The van der Waals surface area contributed by atoms with Crippen molar-refractivity contribution in [3.63, 3.8) is 0 Å². The van der Waals surface area contributed by atoms with Crippen molar-refractivity contribution in [3.05, 3.63) is 35.2 Å². The van der Waals surface area contributed by atoms with Crippen LogP contribution in [0.5, 0.6) is 0 Å². The van der Waals surface area contributed by atoms with Gasteiger partial charge in [-0.05, 0) is 17.5 Å². The van der Waals surface area contributed by atoms with E-state index in [2.05, 4.69) is 24.9 Å². The summed E-state index contributed by atoms with van der Waals surface area (Å²) in [6.07, 6.45) is 6.17. The zero-order chi connectivity index (χ0) is 10.1. The van der Waals surface area contributed by atoms with Crippen molar-refractivity contribution < 1.29 is 4.79 Å². The number of Topliss-reactive ketones (excluding diaryl/α,β-unsaturated/α-hetero) is 1. The lowest BCUT2D eigenvalue weighted by Gasteiger charge is -2.11. The average molecular weight is 187 g/mol. The van der Waals surface area contributed by atoms with Crippen LogP contribution in [0.25, 0.3) is 6.08 Å². The monoisotopic (exact) mass is 187 g/mol. The molecule has 0 radical (unpaired) electrons. The molecule has 2 nitrogen and oxygen atoms in total. The van der Waals surface area contributed by atoms with E-state index in [4.69, 9.17) is 0 Å². The highest BCUT2D eigenvalue weighted by Crippen LogP contribution is 2.21. The van der Waals surface area contributed by atoms with E-state index in [-0.39, 0.29) is 5.78 Å². The van der Waals surface area contributed by atoms with Crippen LogP contribution in [0.1, 0.15) is 47.8 Å². The van der Waals surface area contributed by atoms with Crippen molar-refractivity contribution in [1.29, 1.82) is 0 Å². The molecule has 14 heavy (non-hydrogen) atoms. The SMILES string of the molecule is CC(C)c1cnc2c(c1)C=CCC2=O. The van der Waals surface area contributed by atoms with E-state index in [0.29, 0.717) is 18.0 Å². The second-order valence-corrected chi connectivity index (χ2v) is 3.89. The van der Waals surface area contributed by atoms with Gasteiger partial charge in [0.1, 0.15) is 5.69 Å². The van der Waals surface area contributed by atoms with Crippen LogP contribution in [0.3, 0.4) is 0 Å². The summed E-state index contributed by atoms with van der Waals surface area (Å²) in [5.41, 5.74) is 2.77. The van der Waals surface area contributed by atoms with Gasteiger partial charge in [0, 0.05) is 18.2 Å². The van der Waals surface area contributed by atoms with Crippen LogP contribution in [0, 0.1) is 0 Å². The molecule has 2 heteroatoms. The average Bonchev–Trinajstić information content (AvgIpc) is 2.17. The summed E-state index contributed by atoms with van der Waals surface area (Å²) in [6, 6.07) is 2.06. The maximum Gasteiger partial charge on any atom is 0.185 e. The molecule has 0 bridgehead atoms. The van der Waals surface area contributed by atoms with E-state index >= 15 is 0 Å². The summed E-state index contributed by atoms with van der Waals surface area (Å²) in [5.74, 6) is 0.580. The van der Waals surface area contributed by atoms with E-state index in [1.807, 2.05) is 12.2 Å². The zero-order valence-electron chi connectivity index (χ0n) is 8.45. The molecule has 1 heterocycles. The lowest BCUT2D eigenvalue weighted by Crippen LogP contribution is -2.08. The third-order valence-corrected chi connectivity index (χ3v) is 2.47. The number of nitrogens with zero attached hydrogens (tertiary/aromatic N) is 1. The standard InChI is InChI=1S/C12H13NO/c1-8(2)10-6-9-4-3-5-11(14)12(9)13-7-10/h3-4,6-8H,5H2,1-2H3. The van der Waals surface area contributed by atoms with Crippen molar-refractivity contribution in [3.8, 4) is 0 Å². The van der Waals surface area contributed by atoms with Crippen LogP contribution >= 0.6 is 0 Å². The minimum atomic E-state index is 0.123. The predicted molar refractivity (Wildman–Crippen MR) is 56.3 cm³/mol. The third kappa shape index (κ3) is 1.48. The van der Waals surface area contributed by atoms with E-state index < -0.39 is 0 Å². The second kappa shape index (κ2) is 3.37. The Bertz CT molecular complexity index is 405. The molecule has 0 fully saturated rings. The number of allylic oxidation sites excluding steroid dienone is 1. The van der Waals surface area contributed by atoms with E-state index in [1.165, 1.54) is 5.56 Å². The van der Waals surface area contributed by atoms with Gasteiger partial charge in [0.05, 0.1) is 0 Å². The highest BCUT2D eigenvalue weighted by atomic mass is 16.1. The van der Waals surface area contributed by atoms with Crippen LogP contribution in [-0.4, -0.2) is 10.8 Å². The van der Waals surface area contributed by atoms with Crippen LogP contribution in [0.4, 0.5) is 0 Å². The molecule has 0 amide bonds. The molecule has 0 N–H and O–H groups in total. The first-order valence-electron chi connectivity index (χ1n) is 4.88. The number of carbonyl (C=O) groups is 1. The van der Waals surface area contributed by atoms with Gasteiger partial charge in [0.2, 0.25) is 0 Å². The maximum atomic E-state index is 11.5. The van der Waals surface area contributed by atoms with Gasteiger partial charge in [-0.2, -0.15) is 0 Å². The number of carbonyl (C=O) groups excluding carboxylic acids is 1. The van der Waals surface area contributed by atoms with E-state index in [9.17, 15) is 4.79 Å². The minimum Gasteiger partial charge on any atom is -0.292 e. The molecule has 1 aromatic heterocycles. The molecule has 0 saturated heterocycles. The third-order valence-electron chi connectivity index (χ3n) is 2.47. The summed E-state index contributed by atoms with van der Waals surface area (Å²) in [6.45, 7) is 4.25. The fourth-order valence-corrected chi connectivity index (χ4v) is 1.56. The Morgan fingerprint density at radius 1 is 1.43 bits per heavy atom. The topological polar surface area (TPSA) is 30.0 Å². The van der Waals surface area contributed by atoms with Crippen LogP contribution in [-0.2, 0) is 0 Å². The number of ketones is 1. The van der Waals surface area contributed by atoms with Gasteiger partial charge in [-0.1, -0.05) is 26.0 Å². The summed E-state index contributed by atoms with van der Waals surface area (Å²) in [5, 5.41) is 0. The molecular formula is C12H13NO. The molecule has 0 unspecified atom stereocenters. The van der Waals surface area contributed by atoms with Gasteiger partial charge in [0.25, 0.3) is 0 Å². The van der Waals surface area contributed by atoms with Crippen molar-refractivity contribution in [2.45, 2.75) is 26.2 Å². The van der Waals surface area contributed by atoms with Gasteiger partial charge >= 0.3 is 0 Å². The molecule has 0 atom stereocenters. The van der Waals surface area contributed by atoms with E-state index in [0.717, 1.165) is 5.56 Å². The molecular weight excluding hydrogens is 174 g/mol. The number of hydrogen-bond donors (Lipinski definition) is 0. The molecule has 2 rings (SSSR count). The highest BCUT2D eigenvalue weighted by molar-refractivity contribution is 6.00. The Labute approximate surface area is 83.7 Å². The summed E-state index contributed by atoms with van der Waals surface area (Å²) in [7, 11) is 0. The Balaban J connectivity index is 2.51. The van der Waals surface area contributed by atoms with Gasteiger partial charge in [-0.25, -0.2) is 0 Å². The molecule has 1 aliphatic carbocycles. The van der Waals surface area contributed by atoms with Crippen LogP contribution < -0.4 is 0 Å². The predicted octanol–water partition coefficient (Wildman–Crippen LogP) is 2.80. The largest absolute Gasteiger partial charge is 0.292 e. The van der Waals surface area contributed by atoms with Crippen LogP contribution in [0.15, 0.2) is 18.3 Å². The van der Waals surface area contributed by atoms with Gasteiger partial charge < -0.3 is 0 Å². The summed E-state index contributed by atoms with van der Waals surface area (Å²) < 4.78 is 0. The molecule has 1 aliphatic rings. The van der Waals surface area contributed by atoms with Crippen molar-refractivity contribution in [2.75, 3.05) is 0 Å². The Hall–Kier alpha value is -1.44. The van der Waals surface area contributed by atoms with Crippen LogP contribution in [0.2, 0.25) is 0 Å². The normalized spacial score (nSPS) is 14.6. The fourth-order valence-electron chi connectivity index (χ4n) is 1.56. The smallest absolute Gasteiger partial charge is 0.185 e. The molecule has 1 aromatic rings. The summed E-state index contributed by atoms with van der Waals surface area (Å²) >= 11 is 0. The maximum absolute atomic E-state index is 11.5. The second-order valence-electron chi connectivity index (χ2n) is 3.89.